The molecule has 1 fully saturated rings. The van der Waals surface area contributed by atoms with E-state index in [4.69, 9.17) is 9.47 Å². The quantitative estimate of drug-likeness (QED) is 0.347. The first-order chi connectivity index (χ1) is 9.18. The van der Waals surface area contributed by atoms with Gasteiger partial charge in [0.1, 0.15) is 4.11 Å². The highest BCUT2D eigenvalue weighted by atomic mass is 127. The van der Waals surface area contributed by atoms with E-state index in [1.165, 1.54) is 70.6 Å². The van der Waals surface area contributed by atoms with Gasteiger partial charge in [0.05, 0.1) is 6.10 Å². The Hall–Kier alpha value is 0.650. The molecule has 2 nitrogen and oxygen atoms in total. The second-order valence-corrected chi connectivity index (χ2v) is 7.52. The van der Waals surface area contributed by atoms with Gasteiger partial charge in [-0.2, -0.15) is 0 Å². The van der Waals surface area contributed by atoms with Crippen molar-refractivity contribution in [3.8, 4) is 0 Å². The van der Waals surface area contributed by atoms with Crippen molar-refractivity contribution >= 4 is 22.6 Å². The number of rotatable bonds is 4. The Kier molecular flexibility index (Phi) is 10.6. The molecule has 0 saturated heterocycles. The van der Waals surface area contributed by atoms with Crippen LogP contribution in [0.3, 0.4) is 0 Å². The van der Waals surface area contributed by atoms with Crippen LogP contribution in [0.4, 0.5) is 0 Å². The summed E-state index contributed by atoms with van der Waals surface area (Å²) in [5.74, 6) is 0. The molecule has 0 bridgehead atoms. The Bertz CT molecular complexity index is 197. The van der Waals surface area contributed by atoms with Crippen molar-refractivity contribution in [3.05, 3.63) is 0 Å². The third kappa shape index (κ3) is 10.1. The van der Waals surface area contributed by atoms with Gasteiger partial charge >= 0.3 is 0 Å². The molecule has 114 valence electrons. The lowest BCUT2D eigenvalue weighted by atomic mass is 9.99. The molecule has 0 aliphatic heterocycles. The molecular weight excluding hydrogens is 351 g/mol. The number of alkyl halides is 1. The molecule has 19 heavy (non-hydrogen) atoms. The average molecular weight is 382 g/mol. The van der Waals surface area contributed by atoms with Crippen LogP contribution < -0.4 is 0 Å². The lowest BCUT2D eigenvalue weighted by Crippen LogP contribution is -2.24. The van der Waals surface area contributed by atoms with E-state index in [1.807, 2.05) is 6.92 Å². The fourth-order valence-corrected chi connectivity index (χ4v) is 3.24. The fraction of sp³-hybridized carbons (Fsp3) is 1.00. The summed E-state index contributed by atoms with van der Waals surface area (Å²) in [6.07, 6.45) is 15.3. The highest BCUT2D eigenvalue weighted by molar-refractivity contribution is 14.1. The van der Waals surface area contributed by atoms with Crippen LogP contribution >= 0.6 is 22.6 Å². The van der Waals surface area contributed by atoms with E-state index >= 15 is 0 Å². The minimum atomic E-state index is -0.0650. The second kappa shape index (κ2) is 11.3. The Morgan fingerprint density at radius 2 is 1.21 bits per heavy atom. The summed E-state index contributed by atoms with van der Waals surface area (Å²) >= 11 is 2.28. The molecule has 0 N–H and O–H groups in total. The summed E-state index contributed by atoms with van der Waals surface area (Å²) in [5, 5.41) is 0. The van der Waals surface area contributed by atoms with Crippen molar-refractivity contribution < 1.29 is 9.47 Å². The van der Waals surface area contributed by atoms with E-state index in [1.54, 1.807) is 0 Å². The zero-order valence-corrected chi connectivity index (χ0v) is 14.9. The number of hydrogen-bond donors (Lipinski definition) is 0. The zero-order valence-electron chi connectivity index (χ0n) is 12.7. The Balaban J connectivity index is 2.29. The normalized spacial score (nSPS) is 24.2. The van der Waals surface area contributed by atoms with Crippen molar-refractivity contribution in [3.63, 3.8) is 0 Å². The Morgan fingerprint density at radius 3 is 1.63 bits per heavy atom. The van der Waals surface area contributed by atoms with Gasteiger partial charge in [-0.15, -0.1) is 0 Å². The molecule has 2 atom stereocenters. The monoisotopic (exact) mass is 382 g/mol. The predicted molar refractivity (Wildman–Crippen MR) is 89.7 cm³/mol. The van der Waals surface area contributed by atoms with Crippen molar-refractivity contribution in [2.24, 2.45) is 0 Å². The maximum Gasteiger partial charge on any atom is 0.156 e. The van der Waals surface area contributed by atoms with Gasteiger partial charge in [-0.05, 0) is 26.7 Å². The maximum atomic E-state index is 6.08. The number of ether oxygens (including phenoxy) is 2. The van der Waals surface area contributed by atoms with Crippen molar-refractivity contribution in [2.45, 2.75) is 101 Å². The van der Waals surface area contributed by atoms with E-state index in [2.05, 4.69) is 29.5 Å². The summed E-state index contributed by atoms with van der Waals surface area (Å²) in [6, 6.07) is 0. The van der Waals surface area contributed by atoms with Gasteiger partial charge < -0.3 is 9.47 Å². The summed E-state index contributed by atoms with van der Waals surface area (Å²) < 4.78 is 12.0. The molecule has 0 aromatic heterocycles. The molecule has 1 aliphatic carbocycles. The maximum absolute atomic E-state index is 6.08. The minimum Gasteiger partial charge on any atom is -0.350 e. The lowest BCUT2D eigenvalue weighted by molar-refractivity contribution is -0.164. The third-order valence-electron chi connectivity index (χ3n) is 3.82. The third-order valence-corrected chi connectivity index (χ3v) is 4.11. The van der Waals surface area contributed by atoms with Gasteiger partial charge in [0.25, 0.3) is 0 Å². The van der Waals surface area contributed by atoms with Crippen LogP contribution in [-0.4, -0.2) is 16.5 Å². The molecule has 0 aromatic rings. The first kappa shape index (κ1) is 17.7. The molecule has 0 spiro atoms. The van der Waals surface area contributed by atoms with E-state index in [0.29, 0.717) is 6.10 Å². The zero-order chi connectivity index (χ0) is 13.9. The van der Waals surface area contributed by atoms with Crippen LogP contribution in [0.25, 0.3) is 0 Å². The lowest BCUT2D eigenvalue weighted by Gasteiger charge is -2.24. The first-order valence-electron chi connectivity index (χ1n) is 8.13. The highest BCUT2D eigenvalue weighted by Gasteiger charge is 2.15. The van der Waals surface area contributed by atoms with Crippen LogP contribution in [0.2, 0.25) is 0 Å². The minimum absolute atomic E-state index is 0.0650. The van der Waals surface area contributed by atoms with Gasteiger partial charge in [0.15, 0.2) is 6.29 Å². The summed E-state index contributed by atoms with van der Waals surface area (Å²) in [4.78, 5) is 0. The highest BCUT2D eigenvalue weighted by Crippen LogP contribution is 2.20. The van der Waals surface area contributed by atoms with Crippen molar-refractivity contribution in [1.29, 1.82) is 0 Å². The molecule has 1 aliphatic rings. The Morgan fingerprint density at radius 1 is 0.789 bits per heavy atom. The van der Waals surface area contributed by atoms with E-state index in [9.17, 15) is 0 Å². The molecule has 0 radical (unpaired) electrons. The fourth-order valence-electron chi connectivity index (χ4n) is 2.83. The van der Waals surface area contributed by atoms with Crippen LogP contribution in [-0.2, 0) is 9.47 Å². The number of halogens is 1. The topological polar surface area (TPSA) is 18.5 Å². The van der Waals surface area contributed by atoms with Crippen LogP contribution in [0.15, 0.2) is 0 Å². The Labute approximate surface area is 133 Å². The van der Waals surface area contributed by atoms with Crippen LogP contribution in [0.5, 0.6) is 0 Å². The molecule has 1 rings (SSSR count). The molecule has 0 aromatic carbocycles. The van der Waals surface area contributed by atoms with E-state index < -0.39 is 0 Å². The van der Waals surface area contributed by atoms with Gasteiger partial charge in [-0.3, -0.25) is 0 Å². The van der Waals surface area contributed by atoms with Crippen molar-refractivity contribution in [2.75, 3.05) is 0 Å². The first-order valence-corrected chi connectivity index (χ1v) is 9.38. The smallest absolute Gasteiger partial charge is 0.156 e. The second-order valence-electron chi connectivity index (χ2n) is 5.76. The van der Waals surface area contributed by atoms with Crippen molar-refractivity contribution in [1.82, 2.24) is 0 Å². The molecule has 3 heteroatoms. The van der Waals surface area contributed by atoms with Gasteiger partial charge in [-0.25, -0.2) is 0 Å². The summed E-state index contributed by atoms with van der Waals surface area (Å²) in [7, 11) is 0. The van der Waals surface area contributed by atoms with Crippen LogP contribution in [0, 0.1) is 0 Å². The molecule has 1 saturated carbocycles. The summed E-state index contributed by atoms with van der Waals surface area (Å²) in [5.41, 5.74) is 0. The molecular formula is C16H31IO2. The van der Waals surface area contributed by atoms with Crippen LogP contribution in [0.1, 0.15) is 84.5 Å². The predicted octanol–water partition coefficient (Wildman–Crippen LogP) is 5.82. The molecule has 0 amide bonds. The van der Waals surface area contributed by atoms with E-state index in [-0.39, 0.29) is 10.4 Å². The average Bonchev–Trinajstić information content (AvgIpc) is 2.31. The largest absolute Gasteiger partial charge is 0.350 e. The SMILES string of the molecule is CC(I)OC(C)OC1CCCCCCCCCCC1. The van der Waals surface area contributed by atoms with E-state index in [0.717, 1.165) is 0 Å². The number of hydrogen-bond acceptors (Lipinski definition) is 2. The van der Waals surface area contributed by atoms with Gasteiger partial charge in [0.2, 0.25) is 0 Å². The summed E-state index contributed by atoms with van der Waals surface area (Å²) in [6.45, 7) is 4.09. The van der Waals surface area contributed by atoms with Gasteiger partial charge in [0, 0.05) is 0 Å². The standard InChI is InChI=1S/C16H31IO2/c1-14(17)18-15(2)19-16-12-10-8-6-4-3-5-7-9-11-13-16/h14-16H,3-13H2,1-2H3. The molecule has 2 unspecified atom stereocenters. The molecule has 0 heterocycles. The van der Waals surface area contributed by atoms with Gasteiger partial charge in [-0.1, -0.05) is 80.4 Å².